The van der Waals surface area contributed by atoms with Gasteiger partial charge in [-0.3, -0.25) is 0 Å². The maximum Gasteiger partial charge on any atom is 0.169 e. The zero-order valence-electron chi connectivity index (χ0n) is 9.29. The second-order valence-electron chi connectivity index (χ2n) is 4.11. The van der Waals surface area contributed by atoms with Crippen LogP contribution in [-0.4, -0.2) is 24.6 Å². The van der Waals surface area contributed by atoms with Crippen molar-refractivity contribution in [3.63, 3.8) is 0 Å². The standard InChI is InChI=1S/C11H18BrN3O/c12-11-5-4-10(16-11)9(8-13)14-15-6-2-1-3-7-15/h4-5,9,14H,1-3,6-8,13H2. The molecule has 0 aliphatic carbocycles. The molecule has 1 aromatic rings. The molecule has 16 heavy (non-hydrogen) atoms. The fourth-order valence-corrected chi connectivity index (χ4v) is 2.31. The van der Waals surface area contributed by atoms with Crippen molar-refractivity contribution in [1.82, 2.24) is 10.4 Å². The molecule has 2 rings (SSSR count). The number of rotatable bonds is 4. The Kier molecular flexibility index (Phi) is 4.40. The van der Waals surface area contributed by atoms with Crippen LogP contribution in [-0.2, 0) is 0 Å². The van der Waals surface area contributed by atoms with E-state index in [1.54, 1.807) is 0 Å². The van der Waals surface area contributed by atoms with E-state index >= 15 is 0 Å². The summed E-state index contributed by atoms with van der Waals surface area (Å²) in [7, 11) is 0. The van der Waals surface area contributed by atoms with Crippen LogP contribution in [0.5, 0.6) is 0 Å². The largest absolute Gasteiger partial charge is 0.453 e. The molecule has 0 aromatic carbocycles. The molecule has 1 atom stereocenters. The fourth-order valence-electron chi connectivity index (χ4n) is 1.99. The highest BCUT2D eigenvalue weighted by atomic mass is 79.9. The predicted octanol–water partition coefficient (Wildman–Crippen LogP) is 2.03. The highest BCUT2D eigenvalue weighted by molar-refractivity contribution is 9.10. The van der Waals surface area contributed by atoms with Gasteiger partial charge in [-0.15, -0.1) is 0 Å². The van der Waals surface area contributed by atoms with Crippen molar-refractivity contribution in [3.05, 3.63) is 22.6 Å². The number of hydrogen-bond acceptors (Lipinski definition) is 4. The number of nitrogens with zero attached hydrogens (tertiary/aromatic N) is 1. The van der Waals surface area contributed by atoms with E-state index in [9.17, 15) is 0 Å². The van der Waals surface area contributed by atoms with Crippen LogP contribution in [0.1, 0.15) is 31.1 Å². The SMILES string of the molecule is NCC(NN1CCCCC1)c1ccc(Br)o1. The van der Waals surface area contributed by atoms with Gasteiger partial charge in [-0.05, 0) is 40.9 Å². The summed E-state index contributed by atoms with van der Waals surface area (Å²) in [6.07, 6.45) is 3.84. The lowest BCUT2D eigenvalue weighted by Gasteiger charge is -2.30. The minimum Gasteiger partial charge on any atom is -0.453 e. The molecular weight excluding hydrogens is 270 g/mol. The first-order chi connectivity index (χ1) is 7.79. The summed E-state index contributed by atoms with van der Waals surface area (Å²) in [6.45, 7) is 2.73. The molecule has 3 N–H and O–H groups in total. The minimum absolute atomic E-state index is 0.0735. The first-order valence-electron chi connectivity index (χ1n) is 5.76. The summed E-state index contributed by atoms with van der Waals surface area (Å²) in [5.41, 5.74) is 9.20. The number of piperidine rings is 1. The molecule has 2 heterocycles. The van der Waals surface area contributed by atoms with Crippen LogP contribution in [0.4, 0.5) is 0 Å². The smallest absolute Gasteiger partial charge is 0.169 e. The summed E-state index contributed by atoms with van der Waals surface area (Å²) < 4.78 is 6.28. The van der Waals surface area contributed by atoms with Crippen molar-refractivity contribution >= 4 is 15.9 Å². The van der Waals surface area contributed by atoms with E-state index < -0.39 is 0 Å². The van der Waals surface area contributed by atoms with E-state index in [0.717, 1.165) is 23.5 Å². The maximum absolute atomic E-state index is 5.77. The Hall–Kier alpha value is -0.360. The van der Waals surface area contributed by atoms with Gasteiger partial charge in [-0.2, -0.15) is 0 Å². The predicted molar refractivity (Wildman–Crippen MR) is 66.8 cm³/mol. The second kappa shape index (κ2) is 5.82. The van der Waals surface area contributed by atoms with Crippen LogP contribution in [0.2, 0.25) is 0 Å². The molecule has 0 amide bonds. The van der Waals surface area contributed by atoms with Crippen molar-refractivity contribution in [3.8, 4) is 0 Å². The zero-order valence-corrected chi connectivity index (χ0v) is 10.9. The van der Waals surface area contributed by atoms with Gasteiger partial charge < -0.3 is 10.2 Å². The van der Waals surface area contributed by atoms with E-state index in [0.29, 0.717) is 6.54 Å². The molecule has 0 saturated carbocycles. The van der Waals surface area contributed by atoms with E-state index in [2.05, 4.69) is 26.4 Å². The van der Waals surface area contributed by atoms with Gasteiger partial charge in [0.25, 0.3) is 0 Å². The summed E-state index contributed by atoms with van der Waals surface area (Å²) in [5, 5.41) is 2.25. The van der Waals surface area contributed by atoms with Crippen LogP contribution in [0, 0.1) is 0 Å². The molecule has 90 valence electrons. The number of hydrazine groups is 1. The highest BCUT2D eigenvalue weighted by Crippen LogP contribution is 2.20. The van der Waals surface area contributed by atoms with Crippen molar-refractivity contribution in [2.75, 3.05) is 19.6 Å². The second-order valence-corrected chi connectivity index (χ2v) is 4.89. The quantitative estimate of drug-likeness (QED) is 0.890. The molecule has 5 heteroatoms. The molecule has 1 aliphatic heterocycles. The third-order valence-corrected chi connectivity index (χ3v) is 3.29. The molecule has 0 radical (unpaired) electrons. The van der Waals surface area contributed by atoms with E-state index in [4.69, 9.17) is 10.2 Å². The Morgan fingerprint density at radius 2 is 2.12 bits per heavy atom. The number of nitrogens with two attached hydrogens (primary N) is 1. The molecule has 4 nitrogen and oxygen atoms in total. The van der Waals surface area contributed by atoms with E-state index in [1.807, 2.05) is 12.1 Å². The summed E-state index contributed by atoms with van der Waals surface area (Å²) in [6, 6.07) is 3.93. The van der Waals surface area contributed by atoms with Crippen LogP contribution < -0.4 is 11.2 Å². The van der Waals surface area contributed by atoms with Gasteiger partial charge in [0.1, 0.15) is 5.76 Å². The van der Waals surface area contributed by atoms with Gasteiger partial charge in [0, 0.05) is 19.6 Å². The number of hydrogen-bond donors (Lipinski definition) is 2. The van der Waals surface area contributed by atoms with Gasteiger partial charge in [-0.25, -0.2) is 10.4 Å². The fraction of sp³-hybridized carbons (Fsp3) is 0.636. The van der Waals surface area contributed by atoms with Gasteiger partial charge in [-0.1, -0.05) is 6.42 Å². The van der Waals surface area contributed by atoms with Crippen LogP contribution >= 0.6 is 15.9 Å². The summed E-state index contributed by atoms with van der Waals surface area (Å²) in [4.78, 5) is 0. The van der Waals surface area contributed by atoms with Crippen molar-refractivity contribution in [2.45, 2.75) is 25.3 Å². The van der Waals surface area contributed by atoms with Crippen LogP contribution in [0.3, 0.4) is 0 Å². The van der Waals surface area contributed by atoms with Crippen molar-refractivity contribution < 1.29 is 4.42 Å². The Labute approximate surface area is 104 Å². The van der Waals surface area contributed by atoms with Gasteiger partial charge in [0.05, 0.1) is 6.04 Å². The molecule has 1 fully saturated rings. The average Bonchev–Trinajstić information content (AvgIpc) is 2.74. The Bertz CT molecular complexity index is 323. The lowest BCUT2D eigenvalue weighted by Crippen LogP contribution is -2.45. The molecule has 1 saturated heterocycles. The Morgan fingerprint density at radius 1 is 1.38 bits per heavy atom. The summed E-state index contributed by atoms with van der Waals surface area (Å²) >= 11 is 3.31. The minimum atomic E-state index is 0.0735. The van der Waals surface area contributed by atoms with Crippen molar-refractivity contribution in [1.29, 1.82) is 0 Å². The Morgan fingerprint density at radius 3 is 2.69 bits per heavy atom. The normalized spacial score (nSPS) is 19.9. The molecule has 1 unspecified atom stereocenters. The van der Waals surface area contributed by atoms with E-state index in [1.165, 1.54) is 19.3 Å². The zero-order chi connectivity index (χ0) is 11.4. The monoisotopic (exact) mass is 287 g/mol. The first kappa shape index (κ1) is 12.1. The maximum atomic E-state index is 5.77. The third kappa shape index (κ3) is 3.07. The molecule has 1 aliphatic rings. The van der Waals surface area contributed by atoms with Gasteiger partial charge >= 0.3 is 0 Å². The number of nitrogens with one attached hydrogen (secondary N) is 1. The molecule has 1 aromatic heterocycles. The lowest BCUT2D eigenvalue weighted by atomic mass is 10.1. The van der Waals surface area contributed by atoms with Crippen molar-refractivity contribution in [2.24, 2.45) is 5.73 Å². The first-order valence-corrected chi connectivity index (χ1v) is 6.55. The molecular formula is C11H18BrN3O. The average molecular weight is 288 g/mol. The summed E-state index contributed by atoms with van der Waals surface area (Å²) in [5.74, 6) is 0.889. The Balaban J connectivity index is 1.94. The number of furan rings is 1. The molecule has 0 spiro atoms. The molecule has 0 bridgehead atoms. The van der Waals surface area contributed by atoms with Gasteiger partial charge in [0.2, 0.25) is 0 Å². The topological polar surface area (TPSA) is 54.4 Å². The highest BCUT2D eigenvalue weighted by Gasteiger charge is 2.18. The van der Waals surface area contributed by atoms with E-state index in [-0.39, 0.29) is 6.04 Å². The van der Waals surface area contributed by atoms with Crippen LogP contribution in [0.25, 0.3) is 0 Å². The third-order valence-electron chi connectivity index (χ3n) is 2.87. The van der Waals surface area contributed by atoms with Crippen LogP contribution in [0.15, 0.2) is 21.2 Å². The number of halogens is 1. The lowest BCUT2D eigenvalue weighted by molar-refractivity contribution is 0.122. The van der Waals surface area contributed by atoms with Gasteiger partial charge in [0.15, 0.2) is 4.67 Å².